The summed E-state index contributed by atoms with van der Waals surface area (Å²) in [7, 11) is 0. The lowest BCUT2D eigenvalue weighted by atomic mass is 10.2. The molecular formula is C16H9Cl2F3N2OS. The molecule has 0 bridgehead atoms. The summed E-state index contributed by atoms with van der Waals surface area (Å²) < 4.78 is 38.4. The van der Waals surface area contributed by atoms with Crippen LogP contribution in [0.5, 0.6) is 0 Å². The van der Waals surface area contributed by atoms with E-state index in [4.69, 9.17) is 28.5 Å². The van der Waals surface area contributed by atoms with E-state index in [2.05, 4.69) is 5.32 Å². The molecule has 2 rings (SSSR count). The fourth-order valence-electron chi connectivity index (χ4n) is 1.84. The SMILES string of the molecule is N#Cc1ccc(NC(=O)CSc2ccc(Cl)c(C(F)(F)F)c2)cc1Cl. The first-order valence-corrected chi connectivity index (χ1v) is 8.44. The van der Waals surface area contributed by atoms with E-state index in [0.29, 0.717) is 5.69 Å². The van der Waals surface area contributed by atoms with Crippen molar-refractivity contribution >= 4 is 46.6 Å². The molecule has 25 heavy (non-hydrogen) atoms. The van der Waals surface area contributed by atoms with E-state index in [9.17, 15) is 18.0 Å². The van der Waals surface area contributed by atoms with Gasteiger partial charge in [-0.1, -0.05) is 23.2 Å². The van der Waals surface area contributed by atoms with Gasteiger partial charge in [0.1, 0.15) is 6.07 Å². The van der Waals surface area contributed by atoms with Crippen LogP contribution in [-0.4, -0.2) is 11.7 Å². The van der Waals surface area contributed by atoms with Crippen molar-refractivity contribution in [3.8, 4) is 6.07 Å². The second-order valence-electron chi connectivity index (χ2n) is 4.78. The number of halogens is 5. The van der Waals surface area contributed by atoms with Gasteiger partial charge in [0.25, 0.3) is 0 Å². The Morgan fingerprint density at radius 3 is 2.48 bits per heavy atom. The zero-order valence-corrected chi connectivity index (χ0v) is 14.7. The zero-order chi connectivity index (χ0) is 18.6. The summed E-state index contributed by atoms with van der Waals surface area (Å²) in [5.74, 6) is -0.523. The van der Waals surface area contributed by atoms with Crippen LogP contribution in [0, 0.1) is 11.3 Å². The standard InChI is InChI=1S/C16H9Cl2F3N2OS/c17-13-4-3-11(6-12(13)16(19,20)21)25-8-15(24)23-10-2-1-9(7-22)14(18)5-10/h1-6H,8H2,(H,23,24). The van der Waals surface area contributed by atoms with Crippen molar-refractivity contribution in [2.75, 3.05) is 11.1 Å². The molecule has 0 saturated carbocycles. The number of alkyl halides is 3. The summed E-state index contributed by atoms with van der Waals surface area (Å²) in [6.07, 6.45) is -4.56. The second-order valence-corrected chi connectivity index (χ2v) is 6.65. The van der Waals surface area contributed by atoms with E-state index >= 15 is 0 Å². The molecule has 2 aromatic carbocycles. The Morgan fingerprint density at radius 1 is 1.16 bits per heavy atom. The van der Waals surface area contributed by atoms with Crippen LogP contribution in [0.2, 0.25) is 10.0 Å². The van der Waals surface area contributed by atoms with Gasteiger partial charge >= 0.3 is 6.18 Å². The van der Waals surface area contributed by atoms with Crippen LogP contribution in [-0.2, 0) is 11.0 Å². The molecule has 0 aromatic heterocycles. The van der Waals surface area contributed by atoms with Crippen LogP contribution < -0.4 is 5.32 Å². The lowest BCUT2D eigenvalue weighted by Crippen LogP contribution is -2.14. The lowest BCUT2D eigenvalue weighted by molar-refractivity contribution is -0.137. The van der Waals surface area contributed by atoms with Crippen molar-refractivity contribution in [3.63, 3.8) is 0 Å². The number of nitrogens with zero attached hydrogens (tertiary/aromatic N) is 1. The number of hydrogen-bond acceptors (Lipinski definition) is 3. The molecule has 0 atom stereocenters. The van der Waals surface area contributed by atoms with E-state index in [1.165, 1.54) is 24.3 Å². The Bertz CT molecular complexity index is 850. The van der Waals surface area contributed by atoms with Gasteiger partial charge in [-0.05, 0) is 36.4 Å². The van der Waals surface area contributed by atoms with Gasteiger partial charge in [-0.15, -0.1) is 11.8 Å². The molecule has 130 valence electrons. The summed E-state index contributed by atoms with van der Waals surface area (Å²) in [6.45, 7) is 0. The highest BCUT2D eigenvalue weighted by Gasteiger charge is 2.33. The minimum atomic E-state index is -4.56. The highest BCUT2D eigenvalue weighted by molar-refractivity contribution is 8.00. The summed E-state index contributed by atoms with van der Waals surface area (Å²) in [6, 6.07) is 9.74. The van der Waals surface area contributed by atoms with Gasteiger partial charge in [-0.25, -0.2) is 0 Å². The molecule has 2 aromatic rings. The first-order chi connectivity index (χ1) is 11.7. The van der Waals surface area contributed by atoms with Crippen LogP contribution >= 0.6 is 35.0 Å². The molecule has 0 fully saturated rings. The van der Waals surface area contributed by atoms with Crippen LogP contribution in [0.4, 0.5) is 18.9 Å². The molecule has 9 heteroatoms. The molecular weight excluding hydrogens is 396 g/mol. The average Bonchev–Trinajstić information content (AvgIpc) is 2.53. The monoisotopic (exact) mass is 404 g/mol. The van der Waals surface area contributed by atoms with E-state index in [1.807, 2.05) is 6.07 Å². The third-order valence-corrected chi connectivity index (χ3v) is 4.62. The number of carbonyl (C=O) groups is 1. The molecule has 0 aliphatic rings. The van der Waals surface area contributed by atoms with E-state index in [0.717, 1.165) is 23.9 Å². The van der Waals surface area contributed by atoms with Gasteiger partial charge in [0.2, 0.25) is 5.91 Å². The van der Waals surface area contributed by atoms with Crippen LogP contribution in [0.25, 0.3) is 0 Å². The molecule has 0 unspecified atom stereocenters. The van der Waals surface area contributed by atoms with Gasteiger partial charge in [0, 0.05) is 10.6 Å². The number of carbonyl (C=O) groups excluding carboxylic acids is 1. The van der Waals surface area contributed by atoms with Crippen LogP contribution in [0.1, 0.15) is 11.1 Å². The molecule has 3 nitrogen and oxygen atoms in total. The predicted molar refractivity (Wildman–Crippen MR) is 92.0 cm³/mol. The van der Waals surface area contributed by atoms with Crippen molar-refractivity contribution < 1.29 is 18.0 Å². The first kappa shape index (κ1) is 19.4. The number of anilines is 1. The highest BCUT2D eigenvalue weighted by Crippen LogP contribution is 2.37. The smallest absolute Gasteiger partial charge is 0.325 e. The third kappa shape index (κ3) is 5.30. The maximum Gasteiger partial charge on any atom is 0.417 e. The van der Waals surface area contributed by atoms with Crippen LogP contribution in [0.15, 0.2) is 41.3 Å². The molecule has 0 saturated heterocycles. The maximum absolute atomic E-state index is 12.8. The summed E-state index contributed by atoms with van der Waals surface area (Å²) >= 11 is 12.4. The van der Waals surface area contributed by atoms with E-state index in [1.54, 1.807) is 0 Å². The third-order valence-electron chi connectivity index (χ3n) is 2.99. The van der Waals surface area contributed by atoms with Gasteiger partial charge in [0.15, 0.2) is 0 Å². The molecule has 0 aliphatic heterocycles. The Labute approximate surface area is 155 Å². The van der Waals surface area contributed by atoms with Gasteiger partial charge < -0.3 is 5.32 Å². The number of nitrogens with one attached hydrogen (secondary N) is 1. The Hall–Kier alpha value is -1.88. The van der Waals surface area contributed by atoms with Crippen molar-refractivity contribution in [2.45, 2.75) is 11.1 Å². The van der Waals surface area contributed by atoms with E-state index < -0.39 is 22.7 Å². The van der Waals surface area contributed by atoms with Gasteiger partial charge in [0.05, 0.1) is 26.9 Å². The van der Waals surface area contributed by atoms with Crippen molar-refractivity contribution in [3.05, 3.63) is 57.6 Å². The summed E-state index contributed by atoms with van der Waals surface area (Å²) in [4.78, 5) is 12.2. The van der Waals surface area contributed by atoms with Crippen molar-refractivity contribution in [1.82, 2.24) is 0 Å². The first-order valence-electron chi connectivity index (χ1n) is 6.70. The van der Waals surface area contributed by atoms with Gasteiger partial charge in [-0.3, -0.25) is 4.79 Å². The minimum absolute atomic E-state index is 0.101. The summed E-state index contributed by atoms with van der Waals surface area (Å²) in [5, 5.41) is 11.1. The van der Waals surface area contributed by atoms with Crippen LogP contribution in [0.3, 0.4) is 0 Å². The average molecular weight is 405 g/mol. The minimum Gasteiger partial charge on any atom is -0.325 e. The van der Waals surface area contributed by atoms with E-state index in [-0.39, 0.29) is 21.2 Å². The Balaban J connectivity index is 2.01. The molecule has 0 spiro atoms. The maximum atomic E-state index is 12.8. The fraction of sp³-hybridized carbons (Fsp3) is 0.125. The molecule has 0 heterocycles. The number of hydrogen-bond donors (Lipinski definition) is 1. The topological polar surface area (TPSA) is 52.9 Å². The normalized spacial score (nSPS) is 11.0. The Kier molecular flexibility index (Phi) is 6.22. The number of amides is 1. The predicted octanol–water partition coefficient (Wildman–Crippen LogP) is 5.61. The van der Waals surface area contributed by atoms with Crippen molar-refractivity contribution in [2.24, 2.45) is 0 Å². The van der Waals surface area contributed by atoms with Crippen molar-refractivity contribution in [1.29, 1.82) is 5.26 Å². The number of benzene rings is 2. The quantitative estimate of drug-likeness (QED) is 0.673. The summed E-state index contributed by atoms with van der Waals surface area (Å²) in [5.41, 5.74) is -0.282. The zero-order valence-electron chi connectivity index (χ0n) is 12.3. The number of thioether (sulfide) groups is 1. The number of rotatable bonds is 4. The fourth-order valence-corrected chi connectivity index (χ4v) is 3.02. The largest absolute Gasteiger partial charge is 0.417 e. The molecule has 1 N–H and O–H groups in total. The highest BCUT2D eigenvalue weighted by atomic mass is 35.5. The molecule has 1 amide bonds. The molecule has 0 aliphatic carbocycles. The van der Waals surface area contributed by atoms with Gasteiger partial charge in [-0.2, -0.15) is 18.4 Å². The lowest BCUT2D eigenvalue weighted by Gasteiger charge is -2.11. The molecule has 0 radical (unpaired) electrons. The Morgan fingerprint density at radius 2 is 1.88 bits per heavy atom. The second kappa shape index (κ2) is 8.00. The number of nitriles is 1.